The number of benzene rings is 2. The molecule has 0 aliphatic carbocycles. The highest BCUT2D eigenvalue weighted by Gasteiger charge is 2.43. The lowest BCUT2D eigenvalue weighted by Crippen LogP contribution is -2.42. The molecule has 13 nitrogen and oxygen atoms in total. The van der Waals surface area contributed by atoms with Gasteiger partial charge in [-0.3, -0.25) is 9.59 Å². The van der Waals surface area contributed by atoms with Crippen LogP contribution >= 0.6 is 11.6 Å². The van der Waals surface area contributed by atoms with Gasteiger partial charge in [0.25, 0.3) is 0 Å². The Kier molecular flexibility index (Phi) is 8.89. The highest BCUT2D eigenvalue weighted by atomic mass is 35.5. The molecule has 0 bridgehead atoms. The van der Waals surface area contributed by atoms with Crippen LogP contribution in [0.15, 0.2) is 54.9 Å². The highest BCUT2D eigenvalue weighted by molar-refractivity contribution is 7.88. The number of nitrogens with one attached hydrogen (secondary N) is 1. The van der Waals surface area contributed by atoms with Crippen molar-refractivity contribution >= 4 is 51.2 Å². The molecule has 226 valence electrons. The first kappa shape index (κ1) is 30.3. The molecule has 43 heavy (non-hydrogen) atoms. The summed E-state index contributed by atoms with van der Waals surface area (Å²) in [6, 6.07) is 10.1. The molecule has 3 heterocycles. The molecular weight excluding hydrogens is 598 g/mol. The number of tetrazole rings is 1. The highest BCUT2D eigenvalue weighted by Crippen LogP contribution is 2.36. The predicted molar refractivity (Wildman–Crippen MR) is 158 cm³/mol. The number of likely N-dealkylation sites (tertiary alicyclic amines) is 1. The Morgan fingerprint density at radius 1 is 1.07 bits per heavy atom. The molecule has 2 amide bonds. The molecule has 15 heteroatoms. The summed E-state index contributed by atoms with van der Waals surface area (Å²) in [7, 11) is -3.29. The van der Waals surface area contributed by atoms with Crippen LogP contribution in [-0.4, -0.2) is 92.7 Å². The molecule has 2 aromatic carbocycles. The van der Waals surface area contributed by atoms with E-state index < -0.39 is 27.9 Å². The van der Waals surface area contributed by atoms with Crippen LogP contribution in [0.1, 0.15) is 35.2 Å². The van der Waals surface area contributed by atoms with Gasteiger partial charge in [-0.25, -0.2) is 17.5 Å². The number of anilines is 1. The van der Waals surface area contributed by atoms with Crippen molar-refractivity contribution in [1.29, 1.82) is 0 Å². The van der Waals surface area contributed by atoms with Crippen LogP contribution in [0.4, 0.5) is 5.69 Å². The third kappa shape index (κ3) is 7.09. The number of carboxylic acid groups (broad SMARTS) is 1. The number of nitrogens with zero attached hydrogens (tertiary/aromatic N) is 6. The van der Waals surface area contributed by atoms with Gasteiger partial charge in [0.1, 0.15) is 12.4 Å². The number of hydrogen-bond acceptors (Lipinski definition) is 8. The van der Waals surface area contributed by atoms with E-state index in [2.05, 4.69) is 20.8 Å². The number of rotatable bonds is 8. The summed E-state index contributed by atoms with van der Waals surface area (Å²) in [5.74, 6) is -1.71. The second-order valence-corrected chi connectivity index (χ2v) is 13.1. The molecule has 2 aliphatic rings. The zero-order valence-electron chi connectivity index (χ0n) is 23.2. The third-order valence-electron chi connectivity index (χ3n) is 7.94. The van der Waals surface area contributed by atoms with E-state index in [1.807, 2.05) is 0 Å². The first-order valence-corrected chi connectivity index (χ1v) is 15.8. The van der Waals surface area contributed by atoms with Gasteiger partial charge in [-0.2, -0.15) is 4.68 Å². The standard InChI is InChI=1S/C28H30ClN7O6S/c1-43(41,42)34-12-10-18(11-13-34)21-15-25(27(38)31-23-6-2-19(3-7-23)28(39)40)35(16-21)26(37)9-4-20-14-22(29)5-8-24(20)36-17-30-32-33-36/h2-9,14,17-18,21,25H,10-13,15-16H2,1H3,(H,31,38)(H,39,40)/b9-4+. The number of aromatic carboxylic acids is 1. The monoisotopic (exact) mass is 627 g/mol. The first-order chi connectivity index (χ1) is 20.5. The van der Waals surface area contributed by atoms with Crippen molar-refractivity contribution in [2.24, 2.45) is 11.8 Å². The minimum atomic E-state index is -3.29. The van der Waals surface area contributed by atoms with Crippen LogP contribution in [0.2, 0.25) is 5.02 Å². The minimum absolute atomic E-state index is 0.00727. The van der Waals surface area contributed by atoms with E-state index in [0.717, 1.165) is 0 Å². The van der Waals surface area contributed by atoms with Crippen molar-refractivity contribution in [1.82, 2.24) is 29.4 Å². The van der Waals surface area contributed by atoms with E-state index in [4.69, 9.17) is 16.7 Å². The lowest BCUT2D eigenvalue weighted by atomic mass is 9.83. The van der Waals surface area contributed by atoms with E-state index in [1.165, 1.54) is 56.8 Å². The number of aromatic nitrogens is 4. The second-order valence-electron chi connectivity index (χ2n) is 10.7. The van der Waals surface area contributed by atoms with Gasteiger partial charge in [-0.15, -0.1) is 5.10 Å². The fraction of sp³-hybridized carbons (Fsp3) is 0.357. The summed E-state index contributed by atoms with van der Waals surface area (Å²) in [4.78, 5) is 39.9. The van der Waals surface area contributed by atoms with Gasteiger partial charge >= 0.3 is 5.97 Å². The Balaban J connectivity index is 1.36. The first-order valence-electron chi connectivity index (χ1n) is 13.6. The smallest absolute Gasteiger partial charge is 0.335 e. The van der Waals surface area contributed by atoms with Crippen molar-refractivity contribution in [2.45, 2.75) is 25.3 Å². The molecule has 2 unspecified atom stereocenters. The number of carbonyl (C=O) groups is 3. The predicted octanol–water partition coefficient (Wildman–Crippen LogP) is 2.55. The van der Waals surface area contributed by atoms with E-state index >= 15 is 0 Å². The molecule has 2 N–H and O–H groups in total. The van der Waals surface area contributed by atoms with Gasteiger partial charge in [0.05, 0.1) is 17.5 Å². The molecule has 0 radical (unpaired) electrons. The average molecular weight is 628 g/mol. The fourth-order valence-electron chi connectivity index (χ4n) is 5.70. The number of hydrogen-bond donors (Lipinski definition) is 2. The number of amides is 2. The Bertz CT molecular complexity index is 1640. The Hall–Kier alpha value is -4.14. The van der Waals surface area contributed by atoms with Crippen molar-refractivity contribution in [3.8, 4) is 5.69 Å². The lowest BCUT2D eigenvalue weighted by molar-refractivity contribution is -0.132. The number of sulfonamides is 1. The van der Waals surface area contributed by atoms with Gasteiger partial charge in [-0.1, -0.05) is 11.6 Å². The van der Waals surface area contributed by atoms with Crippen LogP contribution in [0.3, 0.4) is 0 Å². The number of carbonyl (C=O) groups excluding carboxylic acids is 2. The molecule has 0 saturated carbocycles. The van der Waals surface area contributed by atoms with Crippen LogP contribution < -0.4 is 5.32 Å². The summed E-state index contributed by atoms with van der Waals surface area (Å²) < 4.78 is 26.9. The molecule has 2 saturated heterocycles. The molecule has 0 spiro atoms. The molecule has 3 aromatic rings. The third-order valence-corrected chi connectivity index (χ3v) is 9.48. The molecule has 2 atom stereocenters. The molecule has 2 aliphatic heterocycles. The zero-order valence-corrected chi connectivity index (χ0v) is 24.8. The summed E-state index contributed by atoms with van der Waals surface area (Å²) in [6.07, 6.45) is 7.29. The van der Waals surface area contributed by atoms with E-state index in [1.54, 1.807) is 24.3 Å². The normalized spacial score (nSPS) is 20.0. The maximum absolute atomic E-state index is 13.6. The average Bonchev–Trinajstić information content (AvgIpc) is 3.67. The van der Waals surface area contributed by atoms with Crippen LogP contribution in [-0.2, 0) is 19.6 Å². The Labute approximate surface area is 253 Å². The fourth-order valence-corrected chi connectivity index (χ4v) is 6.75. The van der Waals surface area contributed by atoms with Crippen molar-refractivity contribution in [3.63, 3.8) is 0 Å². The Morgan fingerprint density at radius 2 is 1.79 bits per heavy atom. The molecular formula is C28H30ClN7O6S. The van der Waals surface area contributed by atoms with Crippen molar-refractivity contribution in [3.05, 3.63) is 71.0 Å². The summed E-state index contributed by atoms with van der Waals surface area (Å²) in [6.45, 7) is 1.13. The van der Waals surface area contributed by atoms with Gasteiger partial charge in [0.15, 0.2) is 0 Å². The largest absolute Gasteiger partial charge is 0.478 e. The second kappa shape index (κ2) is 12.6. The van der Waals surface area contributed by atoms with Crippen LogP contribution in [0, 0.1) is 11.8 Å². The van der Waals surface area contributed by atoms with Crippen molar-refractivity contribution < 1.29 is 27.9 Å². The molecule has 1 aromatic heterocycles. The maximum Gasteiger partial charge on any atom is 0.335 e. The number of carboxylic acids is 1. The van der Waals surface area contributed by atoms with Gasteiger partial charge in [0.2, 0.25) is 21.8 Å². The van der Waals surface area contributed by atoms with E-state index in [-0.39, 0.29) is 23.3 Å². The van der Waals surface area contributed by atoms with Gasteiger partial charge in [0, 0.05) is 42.0 Å². The van der Waals surface area contributed by atoms with Gasteiger partial charge in [-0.05, 0) is 90.1 Å². The topological polar surface area (TPSA) is 168 Å². The Morgan fingerprint density at radius 3 is 2.42 bits per heavy atom. The SMILES string of the molecule is CS(=O)(=O)N1CCC(C2CC(C(=O)Nc3ccc(C(=O)O)cc3)N(C(=O)/C=C/c3cc(Cl)ccc3-n3cnnn3)C2)CC1. The number of halogens is 1. The van der Waals surface area contributed by atoms with Crippen LogP contribution in [0.25, 0.3) is 11.8 Å². The number of piperidine rings is 1. The van der Waals surface area contributed by atoms with E-state index in [0.29, 0.717) is 60.9 Å². The molecule has 5 rings (SSSR count). The minimum Gasteiger partial charge on any atom is -0.478 e. The quantitative estimate of drug-likeness (QED) is 0.357. The maximum atomic E-state index is 13.6. The zero-order chi connectivity index (χ0) is 30.7. The van der Waals surface area contributed by atoms with Crippen LogP contribution in [0.5, 0.6) is 0 Å². The lowest BCUT2D eigenvalue weighted by Gasteiger charge is -2.33. The summed E-state index contributed by atoms with van der Waals surface area (Å²) in [5, 5.41) is 23.7. The van der Waals surface area contributed by atoms with E-state index in [9.17, 15) is 22.8 Å². The summed E-state index contributed by atoms with van der Waals surface area (Å²) in [5.41, 5.74) is 1.70. The molecule has 2 fully saturated rings. The van der Waals surface area contributed by atoms with Crippen molar-refractivity contribution in [2.75, 3.05) is 31.2 Å². The van der Waals surface area contributed by atoms with Gasteiger partial charge < -0.3 is 15.3 Å². The summed E-state index contributed by atoms with van der Waals surface area (Å²) >= 11 is 6.22.